The van der Waals surface area contributed by atoms with Crippen LogP contribution in [0.15, 0.2) is 23.8 Å². The summed E-state index contributed by atoms with van der Waals surface area (Å²) in [5, 5.41) is 20.7. The van der Waals surface area contributed by atoms with Crippen LogP contribution in [0, 0.1) is 28.6 Å². The van der Waals surface area contributed by atoms with E-state index in [1.54, 1.807) is 0 Å². The highest BCUT2D eigenvalue weighted by molar-refractivity contribution is 5.31. The second-order valence-electron chi connectivity index (χ2n) is 8.92. The summed E-state index contributed by atoms with van der Waals surface area (Å²) >= 11 is 0. The van der Waals surface area contributed by atoms with Gasteiger partial charge in [-0.25, -0.2) is 0 Å². The van der Waals surface area contributed by atoms with Crippen molar-refractivity contribution in [1.29, 1.82) is 0 Å². The Labute approximate surface area is 140 Å². The minimum Gasteiger partial charge on any atom is -0.393 e. The fraction of sp³-hybridized carbons (Fsp3) is 0.810. The number of fused-ring (bicyclic) bond motifs is 5. The maximum absolute atomic E-state index is 10.5. The normalized spacial score (nSPS) is 52.7. The molecule has 0 amide bonds. The molecule has 3 saturated carbocycles. The summed E-state index contributed by atoms with van der Waals surface area (Å²) in [7, 11) is 0. The number of hydrogen-bond acceptors (Lipinski definition) is 2. The fourth-order valence-corrected chi connectivity index (χ4v) is 6.93. The summed E-state index contributed by atoms with van der Waals surface area (Å²) in [5.74, 6) is 2.12. The summed E-state index contributed by atoms with van der Waals surface area (Å²) in [6, 6.07) is 0. The van der Waals surface area contributed by atoms with Crippen LogP contribution in [0.3, 0.4) is 0 Å². The molecule has 2 N–H and O–H groups in total. The Morgan fingerprint density at radius 1 is 1.09 bits per heavy atom. The molecule has 2 nitrogen and oxygen atoms in total. The van der Waals surface area contributed by atoms with E-state index >= 15 is 0 Å². The van der Waals surface area contributed by atoms with E-state index in [-0.39, 0.29) is 23.0 Å². The highest BCUT2D eigenvalue weighted by Gasteiger charge is 2.58. The van der Waals surface area contributed by atoms with E-state index in [0.29, 0.717) is 5.92 Å². The average Bonchev–Trinajstić information content (AvgIpc) is 2.84. The van der Waals surface area contributed by atoms with Crippen LogP contribution in [-0.4, -0.2) is 22.4 Å². The summed E-state index contributed by atoms with van der Waals surface area (Å²) in [6.45, 7) is 4.49. The molecule has 7 atom stereocenters. The topological polar surface area (TPSA) is 40.5 Å². The van der Waals surface area contributed by atoms with Gasteiger partial charge in [0.05, 0.1) is 12.2 Å². The molecule has 0 radical (unpaired) electrons. The SMILES string of the molecule is CC=C[C@]12CC[C@H](O)CC1=CCC1C2CC[C@@]2(C)C1CC[C@@H]2O. The van der Waals surface area contributed by atoms with Gasteiger partial charge in [0, 0.05) is 5.41 Å². The van der Waals surface area contributed by atoms with Crippen molar-refractivity contribution in [2.24, 2.45) is 28.6 Å². The fourth-order valence-electron chi connectivity index (χ4n) is 6.93. The lowest BCUT2D eigenvalue weighted by molar-refractivity contribution is -0.0643. The molecule has 0 aromatic heterocycles. The molecule has 128 valence electrons. The van der Waals surface area contributed by atoms with Gasteiger partial charge in [0.15, 0.2) is 0 Å². The van der Waals surface area contributed by atoms with E-state index in [0.717, 1.165) is 37.5 Å². The lowest BCUT2D eigenvalue weighted by Crippen LogP contribution is -2.51. The van der Waals surface area contributed by atoms with Gasteiger partial charge in [-0.2, -0.15) is 0 Å². The maximum Gasteiger partial charge on any atom is 0.0596 e. The first-order chi connectivity index (χ1) is 11.0. The van der Waals surface area contributed by atoms with Crippen molar-refractivity contribution in [3.05, 3.63) is 23.8 Å². The van der Waals surface area contributed by atoms with Crippen LogP contribution in [0.5, 0.6) is 0 Å². The molecule has 0 aliphatic heterocycles. The summed E-state index contributed by atoms with van der Waals surface area (Å²) in [6.07, 6.45) is 15.7. The Morgan fingerprint density at radius 2 is 1.91 bits per heavy atom. The number of allylic oxidation sites excluding steroid dienone is 3. The van der Waals surface area contributed by atoms with Crippen molar-refractivity contribution in [1.82, 2.24) is 0 Å². The van der Waals surface area contributed by atoms with Crippen molar-refractivity contribution in [2.45, 2.75) is 77.4 Å². The van der Waals surface area contributed by atoms with E-state index in [4.69, 9.17) is 0 Å². The second-order valence-corrected chi connectivity index (χ2v) is 8.92. The maximum atomic E-state index is 10.5. The van der Waals surface area contributed by atoms with Crippen LogP contribution in [0.1, 0.15) is 65.2 Å². The third kappa shape index (κ3) is 2.14. The van der Waals surface area contributed by atoms with Gasteiger partial charge < -0.3 is 10.2 Å². The highest BCUT2D eigenvalue weighted by atomic mass is 16.3. The van der Waals surface area contributed by atoms with Crippen molar-refractivity contribution in [3.8, 4) is 0 Å². The summed E-state index contributed by atoms with van der Waals surface area (Å²) in [5.41, 5.74) is 1.86. The van der Waals surface area contributed by atoms with Crippen LogP contribution >= 0.6 is 0 Å². The second kappa shape index (κ2) is 5.46. The smallest absolute Gasteiger partial charge is 0.0596 e. The van der Waals surface area contributed by atoms with E-state index in [2.05, 4.69) is 32.1 Å². The van der Waals surface area contributed by atoms with E-state index in [1.165, 1.54) is 31.3 Å². The van der Waals surface area contributed by atoms with Crippen LogP contribution < -0.4 is 0 Å². The van der Waals surface area contributed by atoms with Gasteiger partial charge in [-0.15, -0.1) is 0 Å². The van der Waals surface area contributed by atoms with Crippen molar-refractivity contribution >= 4 is 0 Å². The molecule has 0 aromatic rings. The molecule has 0 saturated heterocycles. The molecular weight excluding hydrogens is 284 g/mol. The van der Waals surface area contributed by atoms with E-state index in [1.807, 2.05) is 0 Å². The van der Waals surface area contributed by atoms with Gasteiger partial charge in [0.2, 0.25) is 0 Å². The average molecular weight is 316 g/mol. The third-order valence-electron chi connectivity index (χ3n) is 8.09. The molecule has 0 aromatic carbocycles. The first-order valence-corrected chi connectivity index (χ1v) is 9.71. The first kappa shape index (κ1) is 15.9. The van der Waals surface area contributed by atoms with Crippen LogP contribution in [0.25, 0.3) is 0 Å². The van der Waals surface area contributed by atoms with Gasteiger partial charge in [-0.1, -0.05) is 30.7 Å². The minimum atomic E-state index is -0.140. The molecule has 0 heterocycles. The lowest BCUT2D eigenvalue weighted by atomic mass is 9.47. The van der Waals surface area contributed by atoms with Crippen molar-refractivity contribution in [3.63, 3.8) is 0 Å². The predicted molar refractivity (Wildman–Crippen MR) is 92.9 cm³/mol. The molecule has 0 spiro atoms. The minimum absolute atomic E-state index is 0.0929. The molecule has 3 unspecified atom stereocenters. The Balaban J connectivity index is 1.73. The van der Waals surface area contributed by atoms with Gasteiger partial charge in [-0.3, -0.25) is 0 Å². The van der Waals surface area contributed by atoms with Gasteiger partial charge in [0.25, 0.3) is 0 Å². The monoisotopic (exact) mass is 316 g/mol. The van der Waals surface area contributed by atoms with Crippen LogP contribution in [0.2, 0.25) is 0 Å². The molecule has 4 aliphatic carbocycles. The Hall–Kier alpha value is -0.600. The number of hydrogen-bond donors (Lipinski definition) is 2. The molecular formula is C21H32O2. The highest BCUT2D eigenvalue weighted by Crippen LogP contribution is 2.65. The largest absolute Gasteiger partial charge is 0.393 e. The van der Waals surface area contributed by atoms with Gasteiger partial charge in [0.1, 0.15) is 0 Å². The quantitative estimate of drug-likeness (QED) is 0.711. The molecule has 0 bridgehead atoms. The van der Waals surface area contributed by atoms with Gasteiger partial charge in [-0.05, 0) is 81.5 Å². The van der Waals surface area contributed by atoms with Crippen LogP contribution in [-0.2, 0) is 0 Å². The van der Waals surface area contributed by atoms with Gasteiger partial charge >= 0.3 is 0 Å². The zero-order valence-electron chi connectivity index (χ0n) is 14.7. The molecule has 3 fully saturated rings. The zero-order chi connectivity index (χ0) is 16.2. The predicted octanol–water partition coefficient (Wildman–Crippen LogP) is 4.23. The Bertz CT molecular complexity index is 536. The van der Waals surface area contributed by atoms with Crippen molar-refractivity contribution in [2.75, 3.05) is 0 Å². The van der Waals surface area contributed by atoms with Crippen LogP contribution in [0.4, 0.5) is 0 Å². The van der Waals surface area contributed by atoms with E-state index in [9.17, 15) is 10.2 Å². The zero-order valence-corrected chi connectivity index (χ0v) is 14.7. The standard InChI is InChI=1S/C21H32O2/c1-3-10-21-12-8-15(22)13-14(21)4-5-16-17-6-7-19(23)20(17,2)11-9-18(16)21/h3-4,10,15-19,22-23H,5-9,11-13H2,1-2H3/t15-,16?,17?,18?,19-,20-,21-/m0/s1. The lowest BCUT2D eigenvalue weighted by Gasteiger charge is -2.57. The Kier molecular flexibility index (Phi) is 3.77. The molecule has 23 heavy (non-hydrogen) atoms. The summed E-state index contributed by atoms with van der Waals surface area (Å²) in [4.78, 5) is 0. The molecule has 2 heteroatoms. The van der Waals surface area contributed by atoms with E-state index < -0.39 is 0 Å². The first-order valence-electron chi connectivity index (χ1n) is 9.71. The number of aliphatic hydroxyl groups is 2. The van der Waals surface area contributed by atoms with Crippen molar-refractivity contribution < 1.29 is 10.2 Å². The third-order valence-corrected chi connectivity index (χ3v) is 8.09. The number of rotatable bonds is 1. The molecule has 4 rings (SSSR count). The number of aliphatic hydroxyl groups excluding tert-OH is 2. The summed E-state index contributed by atoms with van der Waals surface area (Å²) < 4.78 is 0. The Morgan fingerprint density at radius 3 is 2.70 bits per heavy atom. The molecule has 4 aliphatic rings.